The molecule has 0 bridgehead atoms. The molecule has 1 aliphatic heterocycles. The number of hydrogen-bond donors (Lipinski definition) is 1. The number of pyridine rings is 1. The summed E-state index contributed by atoms with van der Waals surface area (Å²) in [7, 11) is -3.50. The zero-order chi connectivity index (χ0) is 16.4. The second-order valence-corrected chi connectivity index (χ2v) is 8.36. The molecular formula is C14H14ClN3O3S2. The fraction of sp³-hybridized carbons (Fsp3) is 0.286. The predicted molar refractivity (Wildman–Crippen MR) is 89.5 cm³/mol. The molecule has 122 valence electrons. The van der Waals surface area contributed by atoms with E-state index in [1.165, 1.54) is 21.9 Å². The maximum absolute atomic E-state index is 12.4. The van der Waals surface area contributed by atoms with E-state index in [4.69, 9.17) is 11.6 Å². The first-order chi connectivity index (χ1) is 11.0. The van der Waals surface area contributed by atoms with Crippen molar-refractivity contribution >= 4 is 44.7 Å². The Morgan fingerprint density at radius 2 is 2.04 bits per heavy atom. The van der Waals surface area contributed by atoms with Gasteiger partial charge in [0.05, 0.1) is 14.8 Å². The van der Waals surface area contributed by atoms with Crippen LogP contribution in [0.3, 0.4) is 0 Å². The van der Waals surface area contributed by atoms with Crippen LogP contribution in [0, 0.1) is 0 Å². The molecule has 2 aromatic rings. The highest BCUT2D eigenvalue weighted by atomic mass is 35.5. The number of anilines is 1. The van der Waals surface area contributed by atoms with Crippen LogP contribution < -0.4 is 5.32 Å². The van der Waals surface area contributed by atoms with Gasteiger partial charge in [0.15, 0.2) is 0 Å². The number of carbonyl (C=O) groups is 1. The highest BCUT2D eigenvalue weighted by Gasteiger charge is 2.28. The second kappa shape index (κ2) is 6.56. The fourth-order valence-electron chi connectivity index (χ4n) is 2.28. The summed E-state index contributed by atoms with van der Waals surface area (Å²) in [5.74, 6) is -0.0376. The summed E-state index contributed by atoms with van der Waals surface area (Å²) < 4.78 is 26.3. The van der Waals surface area contributed by atoms with Crippen LogP contribution in [0.4, 0.5) is 5.82 Å². The third-order valence-electron chi connectivity index (χ3n) is 3.47. The van der Waals surface area contributed by atoms with Gasteiger partial charge in [0.1, 0.15) is 5.82 Å². The Morgan fingerprint density at radius 1 is 1.30 bits per heavy atom. The van der Waals surface area contributed by atoms with Gasteiger partial charge in [-0.15, -0.1) is 11.3 Å². The standard InChI is InChI=1S/C14H14ClN3O3S2/c15-10-3-4-13(16-8-10)17-14(19)12-7-11(9-22-12)23(20,21)18-5-1-2-6-18/h3-4,7-9H,1-2,5-6H2,(H,16,17,19). The van der Waals surface area contributed by atoms with E-state index in [1.807, 2.05) is 0 Å². The van der Waals surface area contributed by atoms with Crippen molar-refractivity contribution < 1.29 is 13.2 Å². The fourth-order valence-corrected chi connectivity index (χ4v) is 5.06. The number of nitrogens with one attached hydrogen (secondary N) is 1. The molecule has 1 fully saturated rings. The maximum atomic E-state index is 12.4. The molecule has 0 radical (unpaired) electrons. The number of nitrogens with zero attached hydrogens (tertiary/aromatic N) is 2. The van der Waals surface area contributed by atoms with Gasteiger partial charge < -0.3 is 5.32 Å². The molecule has 0 spiro atoms. The first-order valence-corrected chi connectivity index (χ1v) is 9.68. The topological polar surface area (TPSA) is 79.4 Å². The number of rotatable bonds is 4. The molecule has 1 amide bonds. The van der Waals surface area contributed by atoms with Crippen molar-refractivity contribution in [1.82, 2.24) is 9.29 Å². The molecule has 6 nitrogen and oxygen atoms in total. The molecule has 0 unspecified atom stereocenters. The molecule has 3 rings (SSSR count). The van der Waals surface area contributed by atoms with Gasteiger partial charge in [-0.25, -0.2) is 13.4 Å². The number of carbonyl (C=O) groups excluding carboxylic acids is 1. The molecule has 1 saturated heterocycles. The van der Waals surface area contributed by atoms with E-state index in [2.05, 4.69) is 10.3 Å². The number of amides is 1. The average molecular weight is 372 g/mol. The highest BCUT2D eigenvalue weighted by Crippen LogP contribution is 2.26. The van der Waals surface area contributed by atoms with Gasteiger partial charge in [-0.1, -0.05) is 11.6 Å². The third kappa shape index (κ3) is 3.55. The van der Waals surface area contributed by atoms with Crippen LogP contribution in [-0.2, 0) is 10.0 Å². The van der Waals surface area contributed by atoms with E-state index in [1.54, 1.807) is 12.1 Å². The molecule has 0 saturated carbocycles. The molecule has 0 atom stereocenters. The zero-order valence-electron chi connectivity index (χ0n) is 12.0. The normalized spacial score (nSPS) is 15.7. The first kappa shape index (κ1) is 16.4. The maximum Gasteiger partial charge on any atom is 0.266 e. The minimum atomic E-state index is -3.50. The number of thiophene rings is 1. The Bertz CT molecular complexity index is 812. The molecule has 0 aromatic carbocycles. The van der Waals surface area contributed by atoms with E-state index in [9.17, 15) is 13.2 Å². The van der Waals surface area contributed by atoms with Gasteiger partial charge >= 0.3 is 0 Å². The molecular weight excluding hydrogens is 358 g/mol. The van der Waals surface area contributed by atoms with Crippen LogP contribution in [0.2, 0.25) is 5.02 Å². The van der Waals surface area contributed by atoms with E-state index >= 15 is 0 Å². The van der Waals surface area contributed by atoms with Crippen molar-refractivity contribution in [2.75, 3.05) is 18.4 Å². The van der Waals surface area contributed by atoms with Crippen molar-refractivity contribution in [2.45, 2.75) is 17.7 Å². The Labute approximate surface area is 143 Å². The SMILES string of the molecule is O=C(Nc1ccc(Cl)cn1)c1cc(S(=O)(=O)N2CCCC2)cs1. The Kier molecular flexibility index (Phi) is 4.67. The van der Waals surface area contributed by atoms with Crippen LogP contribution in [0.5, 0.6) is 0 Å². The number of halogens is 1. The van der Waals surface area contributed by atoms with Crippen molar-refractivity contribution in [2.24, 2.45) is 0 Å². The lowest BCUT2D eigenvalue weighted by Crippen LogP contribution is -2.27. The van der Waals surface area contributed by atoms with Gasteiger partial charge in [-0.3, -0.25) is 4.79 Å². The summed E-state index contributed by atoms with van der Waals surface area (Å²) in [5, 5.41) is 4.58. The zero-order valence-corrected chi connectivity index (χ0v) is 14.4. The van der Waals surface area contributed by atoms with E-state index in [-0.39, 0.29) is 4.90 Å². The molecule has 23 heavy (non-hydrogen) atoms. The summed E-state index contributed by atoms with van der Waals surface area (Å²) in [5.41, 5.74) is 0. The number of sulfonamides is 1. The summed E-state index contributed by atoms with van der Waals surface area (Å²) in [6.45, 7) is 1.07. The number of hydrogen-bond acceptors (Lipinski definition) is 5. The van der Waals surface area contributed by atoms with Crippen LogP contribution in [0.15, 0.2) is 34.7 Å². The van der Waals surface area contributed by atoms with Gasteiger partial charge in [0.25, 0.3) is 5.91 Å². The van der Waals surface area contributed by atoms with E-state index < -0.39 is 15.9 Å². The Hall–Kier alpha value is -1.48. The molecule has 0 aliphatic carbocycles. The van der Waals surface area contributed by atoms with E-state index in [0.717, 1.165) is 24.2 Å². The molecule has 9 heteroatoms. The summed E-state index contributed by atoms with van der Waals surface area (Å²) in [6.07, 6.45) is 3.17. The van der Waals surface area contributed by atoms with Gasteiger partial charge in [0.2, 0.25) is 10.0 Å². The predicted octanol–water partition coefficient (Wildman–Crippen LogP) is 2.83. The van der Waals surface area contributed by atoms with Crippen molar-refractivity contribution in [1.29, 1.82) is 0 Å². The quantitative estimate of drug-likeness (QED) is 0.896. The van der Waals surface area contributed by atoms with E-state index in [0.29, 0.717) is 28.8 Å². The smallest absolute Gasteiger partial charge is 0.266 e. The molecule has 1 aliphatic rings. The lowest BCUT2D eigenvalue weighted by Gasteiger charge is -2.13. The first-order valence-electron chi connectivity index (χ1n) is 6.98. The molecule has 1 N–H and O–H groups in total. The van der Waals surface area contributed by atoms with Gasteiger partial charge in [-0.2, -0.15) is 4.31 Å². The van der Waals surface area contributed by atoms with Crippen LogP contribution in [0.1, 0.15) is 22.5 Å². The van der Waals surface area contributed by atoms with Crippen LogP contribution >= 0.6 is 22.9 Å². The third-order valence-corrected chi connectivity index (χ3v) is 6.65. The van der Waals surface area contributed by atoms with Gasteiger partial charge in [0, 0.05) is 24.7 Å². The largest absolute Gasteiger partial charge is 0.306 e. The van der Waals surface area contributed by atoms with Gasteiger partial charge in [-0.05, 0) is 31.0 Å². The number of aromatic nitrogens is 1. The summed E-state index contributed by atoms with van der Waals surface area (Å²) in [6, 6.07) is 4.60. The molecule has 3 heterocycles. The second-order valence-electron chi connectivity index (χ2n) is 5.07. The average Bonchev–Trinajstić information content (AvgIpc) is 3.21. The Morgan fingerprint density at radius 3 is 2.70 bits per heavy atom. The van der Waals surface area contributed by atoms with Crippen LogP contribution in [0.25, 0.3) is 0 Å². The Balaban J connectivity index is 1.76. The lowest BCUT2D eigenvalue weighted by molar-refractivity contribution is 0.103. The lowest BCUT2D eigenvalue weighted by atomic mass is 10.4. The molecule has 2 aromatic heterocycles. The van der Waals surface area contributed by atoms with Crippen molar-refractivity contribution in [3.05, 3.63) is 39.7 Å². The van der Waals surface area contributed by atoms with Crippen molar-refractivity contribution in [3.8, 4) is 0 Å². The minimum absolute atomic E-state index is 0.165. The monoisotopic (exact) mass is 371 g/mol. The highest BCUT2D eigenvalue weighted by molar-refractivity contribution is 7.89. The van der Waals surface area contributed by atoms with Crippen LogP contribution in [-0.4, -0.2) is 36.7 Å². The van der Waals surface area contributed by atoms with Crippen molar-refractivity contribution in [3.63, 3.8) is 0 Å². The minimum Gasteiger partial charge on any atom is -0.306 e. The summed E-state index contributed by atoms with van der Waals surface area (Å²) >= 11 is 6.83. The summed E-state index contributed by atoms with van der Waals surface area (Å²) in [4.78, 5) is 16.6.